The molecule has 2 aliphatic heterocycles. The molecule has 0 radical (unpaired) electrons. The van der Waals surface area contributed by atoms with E-state index in [0.29, 0.717) is 24.8 Å². The molecule has 146 valence electrons. The van der Waals surface area contributed by atoms with E-state index >= 15 is 0 Å². The van der Waals surface area contributed by atoms with Crippen LogP contribution in [0.4, 0.5) is 5.13 Å². The van der Waals surface area contributed by atoms with Gasteiger partial charge in [-0.05, 0) is 39.3 Å². The van der Waals surface area contributed by atoms with Gasteiger partial charge in [-0.15, -0.1) is 16.4 Å². The Balaban J connectivity index is 1.40. The van der Waals surface area contributed by atoms with Gasteiger partial charge in [-0.2, -0.15) is 0 Å². The summed E-state index contributed by atoms with van der Waals surface area (Å²) in [5, 5.41) is 13.0. The summed E-state index contributed by atoms with van der Waals surface area (Å²) < 4.78 is 1.95. The van der Waals surface area contributed by atoms with Crippen molar-refractivity contribution >= 4 is 22.4 Å². The molecule has 2 saturated heterocycles. The lowest BCUT2D eigenvalue weighted by Crippen LogP contribution is -2.49. The summed E-state index contributed by atoms with van der Waals surface area (Å²) in [6.07, 6.45) is 5.04. The van der Waals surface area contributed by atoms with E-state index in [2.05, 4.69) is 32.4 Å². The van der Waals surface area contributed by atoms with Gasteiger partial charge >= 0.3 is 0 Å². The van der Waals surface area contributed by atoms with Crippen LogP contribution >= 0.6 is 11.3 Å². The average molecular weight is 390 g/mol. The lowest BCUT2D eigenvalue weighted by molar-refractivity contribution is 0.0740. The van der Waals surface area contributed by atoms with Crippen molar-refractivity contribution in [1.29, 1.82) is 0 Å². The van der Waals surface area contributed by atoms with Gasteiger partial charge in [-0.1, -0.05) is 12.1 Å². The van der Waals surface area contributed by atoms with Gasteiger partial charge in [0.05, 0.1) is 11.7 Å². The number of amides is 1. The topological polar surface area (TPSA) is 79.2 Å². The highest BCUT2D eigenvalue weighted by Gasteiger charge is 2.28. The molecule has 0 spiro atoms. The minimum atomic E-state index is 0.000667. The molecule has 2 aromatic heterocycles. The van der Waals surface area contributed by atoms with Crippen molar-refractivity contribution in [3.05, 3.63) is 22.5 Å². The molecule has 4 rings (SSSR count). The molecule has 0 aromatic carbocycles. The van der Waals surface area contributed by atoms with Crippen LogP contribution in [0.25, 0.3) is 0 Å². The van der Waals surface area contributed by atoms with Gasteiger partial charge < -0.3 is 15.1 Å². The van der Waals surface area contributed by atoms with E-state index in [0.717, 1.165) is 56.3 Å². The minimum Gasteiger partial charge on any atom is -0.345 e. The van der Waals surface area contributed by atoms with Gasteiger partial charge in [0, 0.05) is 37.3 Å². The van der Waals surface area contributed by atoms with E-state index in [1.807, 2.05) is 22.7 Å². The molecule has 0 bridgehead atoms. The van der Waals surface area contributed by atoms with Crippen LogP contribution in [0.5, 0.6) is 0 Å². The van der Waals surface area contributed by atoms with Crippen LogP contribution in [-0.4, -0.2) is 70.1 Å². The quantitative estimate of drug-likeness (QED) is 0.854. The number of aryl methyl sites for hydroxylation is 1. The maximum atomic E-state index is 13.0. The third-order valence-electron chi connectivity index (χ3n) is 5.51. The van der Waals surface area contributed by atoms with Crippen molar-refractivity contribution in [3.63, 3.8) is 0 Å². The zero-order valence-electron chi connectivity index (χ0n) is 16.0. The number of thiazole rings is 1. The Morgan fingerprint density at radius 1 is 1.26 bits per heavy atom. The first-order valence-corrected chi connectivity index (χ1v) is 10.6. The Bertz CT molecular complexity index is 787. The lowest BCUT2D eigenvalue weighted by Gasteiger charge is -2.34. The summed E-state index contributed by atoms with van der Waals surface area (Å²) in [5.74, 6) is 0.000667. The van der Waals surface area contributed by atoms with Crippen LogP contribution in [-0.2, 0) is 6.42 Å². The second kappa shape index (κ2) is 7.93. The van der Waals surface area contributed by atoms with Gasteiger partial charge in [-0.25, -0.2) is 9.67 Å². The summed E-state index contributed by atoms with van der Waals surface area (Å²) in [6, 6.07) is 0.342. The Morgan fingerprint density at radius 2 is 2.00 bits per heavy atom. The van der Waals surface area contributed by atoms with E-state index in [-0.39, 0.29) is 5.91 Å². The smallest absolute Gasteiger partial charge is 0.276 e. The molecule has 4 heterocycles. The number of hydrogen-bond acceptors (Lipinski definition) is 7. The minimum absolute atomic E-state index is 0.000667. The van der Waals surface area contributed by atoms with E-state index in [4.69, 9.17) is 0 Å². The summed E-state index contributed by atoms with van der Waals surface area (Å²) in [4.78, 5) is 23.0. The summed E-state index contributed by atoms with van der Waals surface area (Å²) in [5.41, 5.74) is 1.39. The fraction of sp³-hybridized carbons (Fsp3) is 0.667. The molecular formula is C18H27N7OS. The lowest BCUT2D eigenvalue weighted by atomic mass is 10.1. The van der Waals surface area contributed by atoms with Crippen molar-refractivity contribution < 1.29 is 4.79 Å². The number of piperidine rings is 1. The Labute approximate surface area is 163 Å². The highest BCUT2D eigenvalue weighted by atomic mass is 32.1. The zero-order chi connectivity index (χ0) is 18.8. The van der Waals surface area contributed by atoms with Crippen molar-refractivity contribution in [1.82, 2.24) is 30.2 Å². The van der Waals surface area contributed by atoms with Crippen molar-refractivity contribution in [3.8, 4) is 0 Å². The maximum Gasteiger partial charge on any atom is 0.276 e. The zero-order valence-corrected chi connectivity index (χ0v) is 16.8. The average Bonchev–Trinajstić information content (AvgIpc) is 3.35. The predicted molar refractivity (Wildman–Crippen MR) is 106 cm³/mol. The molecule has 1 amide bonds. The van der Waals surface area contributed by atoms with Crippen LogP contribution in [0.2, 0.25) is 0 Å². The number of rotatable bonds is 4. The van der Waals surface area contributed by atoms with E-state index in [1.165, 1.54) is 4.88 Å². The number of aromatic nitrogens is 4. The Hall–Kier alpha value is -2.00. The van der Waals surface area contributed by atoms with Crippen LogP contribution in [0.1, 0.15) is 46.9 Å². The summed E-state index contributed by atoms with van der Waals surface area (Å²) >= 11 is 1.75. The molecule has 9 heteroatoms. The van der Waals surface area contributed by atoms with E-state index < -0.39 is 0 Å². The predicted octanol–water partition coefficient (Wildman–Crippen LogP) is 1.49. The van der Waals surface area contributed by atoms with Gasteiger partial charge in [0.1, 0.15) is 0 Å². The molecule has 2 aromatic rings. The van der Waals surface area contributed by atoms with Gasteiger partial charge in [-0.3, -0.25) is 4.79 Å². The Kier molecular flexibility index (Phi) is 5.40. The normalized spacial score (nSPS) is 18.9. The van der Waals surface area contributed by atoms with E-state index in [1.54, 1.807) is 11.3 Å². The third kappa shape index (κ3) is 3.70. The Morgan fingerprint density at radius 3 is 2.67 bits per heavy atom. The molecule has 0 atom stereocenters. The van der Waals surface area contributed by atoms with Crippen molar-refractivity contribution in [2.45, 2.75) is 39.2 Å². The number of carbonyl (C=O) groups is 1. The number of carbonyl (C=O) groups excluding carboxylic acids is 1. The SMILES string of the molecule is CCc1cnc(N2CCN(C(=O)c3nnn(C4CCNCC4)c3C)CC2)s1. The molecule has 2 aliphatic rings. The number of hydrogen-bond donors (Lipinski definition) is 1. The van der Waals surface area contributed by atoms with Gasteiger partial charge in [0.15, 0.2) is 10.8 Å². The fourth-order valence-electron chi connectivity index (χ4n) is 3.79. The molecular weight excluding hydrogens is 362 g/mol. The number of nitrogens with zero attached hydrogens (tertiary/aromatic N) is 6. The van der Waals surface area contributed by atoms with Gasteiger partial charge in [0.2, 0.25) is 0 Å². The molecule has 27 heavy (non-hydrogen) atoms. The third-order valence-corrected chi connectivity index (χ3v) is 6.71. The van der Waals surface area contributed by atoms with E-state index in [9.17, 15) is 4.79 Å². The summed E-state index contributed by atoms with van der Waals surface area (Å²) in [6.45, 7) is 9.10. The monoisotopic (exact) mass is 389 g/mol. The second-order valence-electron chi connectivity index (χ2n) is 7.19. The maximum absolute atomic E-state index is 13.0. The summed E-state index contributed by atoms with van der Waals surface area (Å²) in [7, 11) is 0. The number of piperazine rings is 1. The molecule has 1 N–H and O–H groups in total. The first kappa shape index (κ1) is 18.4. The molecule has 0 unspecified atom stereocenters. The van der Waals surface area contributed by atoms with Crippen LogP contribution in [0, 0.1) is 6.92 Å². The van der Waals surface area contributed by atoms with Crippen molar-refractivity contribution in [2.24, 2.45) is 0 Å². The largest absolute Gasteiger partial charge is 0.345 e. The molecule has 0 aliphatic carbocycles. The fourth-order valence-corrected chi connectivity index (χ4v) is 4.70. The number of nitrogens with one attached hydrogen (secondary N) is 1. The van der Waals surface area contributed by atoms with Gasteiger partial charge in [0.25, 0.3) is 5.91 Å². The van der Waals surface area contributed by atoms with Crippen LogP contribution < -0.4 is 10.2 Å². The molecule has 2 fully saturated rings. The van der Waals surface area contributed by atoms with Crippen LogP contribution in [0.3, 0.4) is 0 Å². The first-order valence-electron chi connectivity index (χ1n) is 9.78. The van der Waals surface area contributed by atoms with Crippen LogP contribution in [0.15, 0.2) is 6.20 Å². The highest BCUT2D eigenvalue weighted by molar-refractivity contribution is 7.15. The molecule has 0 saturated carbocycles. The standard InChI is InChI=1S/C18H27N7OS/c1-3-15-12-20-18(27-15)24-10-8-23(9-11-24)17(26)16-13(2)25(22-21-16)14-4-6-19-7-5-14/h12,14,19H,3-11H2,1-2H3. The number of anilines is 1. The first-order chi connectivity index (χ1) is 13.2. The molecule has 8 nitrogen and oxygen atoms in total. The van der Waals surface area contributed by atoms with Crippen molar-refractivity contribution in [2.75, 3.05) is 44.2 Å². The second-order valence-corrected chi connectivity index (χ2v) is 8.28. The highest BCUT2D eigenvalue weighted by Crippen LogP contribution is 2.25.